The highest BCUT2D eigenvalue weighted by Crippen LogP contribution is 2.42. The Morgan fingerprint density at radius 1 is 0.893 bits per heavy atom. The van der Waals surface area contributed by atoms with Crippen molar-refractivity contribution >= 4 is 55.8 Å². The van der Waals surface area contributed by atoms with Crippen molar-refractivity contribution < 1.29 is 9.59 Å². The van der Waals surface area contributed by atoms with Crippen LogP contribution in [0.3, 0.4) is 0 Å². The summed E-state index contributed by atoms with van der Waals surface area (Å²) in [5.74, 6) is 2.54. The van der Waals surface area contributed by atoms with Crippen molar-refractivity contribution in [2.24, 2.45) is 7.05 Å². The van der Waals surface area contributed by atoms with E-state index in [0.717, 1.165) is 71.7 Å². The van der Waals surface area contributed by atoms with Crippen LogP contribution in [0.4, 0.5) is 5.69 Å². The molecule has 56 heavy (non-hydrogen) atoms. The van der Waals surface area contributed by atoms with Gasteiger partial charge in [-0.1, -0.05) is 109 Å². The van der Waals surface area contributed by atoms with Crippen LogP contribution in [0.25, 0.3) is 49.8 Å². The van der Waals surface area contributed by atoms with Crippen LogP contribution in [0.5, 0.6) is 0 Å². The van der Waals surface area contributed by atoms with Crippen LogP contribution in [0, 0.1) is 12.3 Å². The number of nitrogens with zero attached hydrogens (tertiary/aromatic N) is 4. The van der Waals surface area contributed by atoms with E-state index < -0.39 is 0 Å². The maximum atomic E-state index is 14.9. The highest BCUT2D eigenvalue weighted by atomic mass is 16.1. The van der Waals surface area contributed by atoms with Crippen molar-refractivity contribution in [3.63, 3.8) is 0 Å². The summed E-state index contributed by atoms with van der Waals surface area (Å²) in [6, 6.07) is 22.5. The van der Waals surface area contributed by atoms with E-state index >= 15 is 0 Å². The SMILES string of the molecule is C#C/C=C\C/C(C)=C(\C=C/CC=C)c1c2c3n(c(-c4cccc5ccccc45)c2/c(=C2\C(=O)c4ccccc4N2C=C)n1C)CCN1C(C)=C(/C=C\C)C(=O)C=31. The predicted octanol–water partition coefficient (Wildman–Crippen LogP) is 9.10. The normalized spacial score (nSPS) is 16.9. The first kappa shape index (κ1) is 36.2. The van der Waals surface area contributed by atoms with Crippen LogP contribution in [-0.2, 0) is 18.4 Å². The highest BCUT2D eigenvalue weighted by Gasteiger charge is 2.40. The first-order valence-electron chi connectivity index (χ1n) is 19.1. The minimum Gasteiger partial charge on any atom is -0.341 e. The van der Waals surface area contributed by atoms with Crippen LogP contribution in [0.2, 0.25) is 0 Å². The molecule has 8 rings (SSSR count). The maximum absolute atomic E-state index is 14.9. The molecule has 0 saturated heterocycles. The maximum Gasteiger partial charge on any atom is 0.214 e. The van der Waals surface area contributed by atoms with Gasteiger partial charge in [0, 0.05) is 59.5 Å². The number of terminal acetylenes is 1. The summed E-state index contributed by atoms with van der Waals surface area (Å²) in [7, 11) is 2.04. The number of benzene rings is 3. The van der Waals surface area contributed by atoms with Gasteiger partial charge in [0.15, 0.2) is 0 Å². The zero-order valence-electron chi connectivity index (χ0n) is 32.4. The van der Waals surface area contributed by atoms with Crippen molar-refractivity contribution in [2.75, 3.05) is 11.4 Å². The zero-order chi connectivity index (χ0) is 39.2. The van der Waals surface area contributed by atoms with Gasteiger partial charge in [0.2, 0.25) is 11.6 Å². The highest BCUT2D eigenvalue weighted by molar-refractivity contribution is 6.35. The Morgan fingerprint density at radius 3 is 2.41 bits per heavy atom. The van der Waals surface area contributed by atoms with Crippen molar-refractivity contribution in [3.8, 4) is 23.6 Å². The van der Waals surface area contributed by atoms with Crippen molar-refractivity contribution in [3.05, 3.63) is 167 Å². The van der Waals surface area contributed by atoms with E-state index in [1.807, 2.05) is 74.4 Å². The lowest BCUT2D eigenvalue weighted by Crippen LogP contribution is -2.39. The van der Waals surface area contributed by atoms with Gasteiger partial charge in [-0.2, -0.15) is 0 Å². The first-order valence-corrected chi connectivity index (χ1v) is 19.1. The molecule has 0 atom stereocenters. The molecule has 0 spiro atoms. The molecule has 6 heteroatoms. The molecule has 3 aromatic carbocycles. The van der Waals surface area contributed by atoms with Crippen molar-refractivity contribution in [2.45, 2.75) is 40.2 Å². The molecule has 0 radical (unpaired) electrons. The summed E-state index contributed by atoms with van der Waals surface area (Å²) in [4.78, 5) is 33.8. The number of hydrogen-bond donors (Lipinski definition) is 0. The molecule has 5 heterocycles. The summed E-state index contributed by atoms with van der Waals surface area (Å²) in [6.45, 7) is 15.6. The van der Waals surface area contributed by atoms with Crippen LogP contribution in [0.15, 0.2) is 145 Å². The summed E-state index contributed by atoms with van der Waals surface area (Å²) in [5.41, 5.74) is 9.21. The minimum atomic E-state index is -0.0805. The van der Waals surface area contributed by atoms with Gasteiger partial charge in [-0.3, -0.25) is 9.59 Å². The fourth-order valence-electron chi connectivity index (χ4n) is 8.87. The lowest BCUT2D eigenvalue weighted by atomic mass is 9.97. The average Bonchev–Trinajstić information content (AvgIpc) is 3.87. The Balaban J connectivity index is 1.68. The number of rotatable bonds is 9. The molecule has 3 aliphatic rings. The monoisotopic (exact) mass is 732 g/mol. The number of hydrogen-bond acceptors (Lipinski definition) is 4. The lowest BCUT2D eigenvalue weighted by Gasteiger charge is -2.28. The Morgan fingerprint density at radius 2 is 1.64 bits per heavy atom. The first-order chi connectivity index (χ1) is 27.3. The van der Waals surface area contributed by atoms with E-state index in [1.165, 1.54) is 0 Å². The molecule has 0 bridgehead atoms. The van der Waals surface area contributed by atoms with E-state index in [1.54, 1.807) is 12.3 Å². The van der Waals surface area contributed by atoms with Gasteiger partial charge < -0.3 is 18.9 Å². The number of carbonyl (C=O) groups excluding carboxylic acids is 2. The fourth-order valence-corrected chi connectivity index (χ4v) is 8.87. The van der Waals surface area contributed by atoms with E-state index in [2.05, 4.69) is 94.7 Å². The van der Waals surface area contributed by atoms with E-state index in [0.29, 0.717) is 48.5 Å². The van der Waals surface area contributed by atoms with Crippen molar-refractivity contribution in [1.82, 2.24) is 14.0 Å². The standard InChI is InChI=1S/C50H44N4O2/c1-8-12-14-22-32(5)35(25-15-13-9-2)43-41-42(45(51(43)7)47-50(56)39-27-18-19-29-40(39)52(47)11-4)44(38-28-20-24-34-23-16-17-26-37(34)38)54-31-30-53-33(6)36(21-10-3)49(55)48(53)46(41)54/h1,9-12,14-21,23-29H,2,4,13,22,30-31H2,3,5-7H3/b14-12-,21-10-,25-15-,35-32+,47-45-. The number of aromatic nitrogens is 2. The van der Waals surface area contributed by atoms with Crippen LogP contribution >= 0.6 is 0 Å². The Kier molecular flexibility index (Phi) is 9.31. The summed E-state index contributed by atoms with van der Waals surface area (Å²) < 4.78 is 4.52. The predicted molar refractivity (Wildman–Crippen MR) is 232 cm³/mol. The summed E-state index contributed by atoms with van der Waals surface area (Å²) >= 11 is 0. The van der Waals surface area contributed by atoms with Gasteiger partial charge in [-0.05, 0) is 68.2 Å². The number of allylic oxidation sites excluding steroid dienone is 10. The molecule has 0 amide bonds. The van der Waals surface area contributed by atoms with Crippen LogP contribution < -0.4 is 15.6 Å². The van der Waals surface area contributed by atoms with Gasteiger partial charge in [0.1, 0.15) is 11.4 Å². The third-order valence-corrected chi connectivity index (χ3v) is 11.3. The van der Waals surface area contributed by atoms with E-state index in [-0.39, 0.29) is 11.6 Å². The second kappa shape index (κ2) is 14.4. The quantitative estimate of drug-likeness (QED) is 0.0863. The second-order valence-electron chi connectivity index (χ2n) is 14.4. The number of ketones is 2. The largest absolute Gasteiger partial charge is 0.341 e. The Labute approximate surface area is 328 Å². The number of carbonyl (C=O) groups is 2. The van der Waals surface area contributed by atoms with Crippen LogP contribution in [-0.4, -0.2) is 32.1 Å². The van der Waals surface area contributed by atoms with Gasteiger partial charge in [0.25, 0.3) is 0 Å². The van der Waals surface area contributed by atoms with Gasteiger partial charge in [-0.15, -0.1) is 13.0 Å². The number of fused-ring (bicyclic) bond motifs is 6. The third kappa shape index (κ3) is 5.34. The second-order valence-corrected chi connectivity index (χ2v) is 14.4. The molecule has 6 nitrogen and oxygen atoms in total. The van der Waals surface area contributed by atoms with Gasteiger partial charge >= 0.3 is 0 Å². The van der Waals surface area contributed by atoms with E-state index in [9.17, 15) is 9.59 Å². The zero-order valence-corrected chi connectivity index (χ0v) is 32.4. The Bertz CT molecular complexity index is 2890. The summed E-state index contributed by atoms with van der Waals surface area (Å²) in [5, 5.41) is 5.65. The molecule has 0 aliphatic carbocycles. The minimum absolute atomic E-state index is 0.00658. The fraction of sp³-hybridized carbons (Fsp3) is 0.160. The number of Topliss-reactive ketones (excluding diaryl/α,β-unsaturated/α-hetero) is 2. The molecule has 0 N–H and O–H groups in total. The number of para-hydroxylation sites is 1. The van der Waals surface area contributed by atoms with Crippen molar-refractivity contribution in [1.29, 1.82) is 0 Å². The smallest absolute Gasteiger partial charge is 0.214 e. The molecule has 0 fully saturated rings. The molecule has 0 saturated carbocycles. The molecule has 276 valence electrons. The topological polar surface area (TPSA) is 50.5 Å². The van der Waals surface area contributed by atoms with Gasteiger partial charge in [-0.25, -0.2) is 0 Å². The Hall–Kier alpha value is -6.84. The van der Waals surface area contributed by atoms with Crippen LogP contribution in [0.1, 0.15) is 49.7 Å². The van der Waals surface area contributed by atoms with Gasteiger partial charge in [0.05, 0.1) is 27.8 Å². The average molecular weight is 733 g/mol. The molecular weight excluding hydrogens is 689 g/mol. The molecule has 3 aliphatic heterocycles. The molecular formula is C50H44N4O2. The molecule has 5 aromatic rings. The third-order valence-electron chi connectivity index (χ3n) is 11.3. The summed E-state index contributed by atoms with van der Waals surface area (Å²) in [6.07, 6.45) is 22.4. The molecule has 2 aromatic heterocycles. The molecule has 0 unspecified atom stereocenters. The number of anilines is 1. The lowest BCUT2D eigenvalue weighted by molar-refractivity contribution is -0.110. The van der Waals surface area contributed by atoms with E-state index in [4.69, 9.17) is 6.42 Å².